The van der Waals surface area contributed by atoms with Gasteiger partial charge in [0, 0.05) is 12.1 Å². The largest absolute Gasteiger partial charge is 0.345 e. The second kappa shape index (κ2) is 8.47. The summed E-state index contributed by atoms with van der Waals surface area (Å²) in [5.41, 5.74) is 4.88. The zero-order chi connectivity index (χ0) is 17.4. The summed E-state index contributed by atoms with van der Waals surface area (Å²) in [4.78, 5) is 45.8. The van der Waals surface area contributed by atoms with Crippen LogP contribution in [0.15, 0.2) is 36.4 Å². The van der Waals surface area contributed by atoms with Crippen LogP contribution in [0.1, 0.15) is 18.4 Å². The van der Waals surface area contributed by atoms with Gasteiger partial charge in [0.2, 0.25) is 5.91 Å². The van der Waals surface area contributed by atoms with Gasteiger partial charge in [-0.3, -0.25) is 30.0 Å². The number of benzene rings is 1. The van der Waals surface area contributed by atoms with Crippen molar-refractivity contribution >= 4 is 29.7 Å². The molecule has 8 heteroatoms. The molecule has 0 heterocycles. The smallest absolute Gasteiger partial charge is 0.327 e. The van der Waals surface area contributed by atoms with Crippen LogP contribution in [0.2, 0.25) is 0 Å². The van der Waals surface area contributed by atoms with E-state index in [1.807, 2.05) is 41.2 Å². The highest BCUT2D eigenvalue weighted by molar-refractivity contribution is 6.35. The average molecular weight is 330 g/mol. The van der Waals surface area contributed by atoms with E-state index >= 15 is 0 Å². The van der Waals surface area contributed by atoms with Crippen molar-refractivity contribution in [1.82, 2.24) is 21.5 Å². The Balaban J connectivity index is 1.63. The van der Waals surface area contributed by atoms with Crippen molar-refractivity contribution in [2.24, 2.45) is 0 Å². The van der Waals surface area contributed by atoms with Gasteiger partial charge in [-0.1, -0.05) is 30.3 Å². The van der Waals surface area contributed by atoms with Gasteiger partial charge in [-0.15, -0.1) is 0 Å². The van der Waals surface area contributed by atoms with Crippen molar-refractivity contribution in [3.63, 3.8) is 0 Å². The van der Waals surface area contributed by atoms with E-state index in [1.165, 1.54) is 6.08 Å². The quantitative estimate of drug-likeness (QED) is 0.323. The lowest BCUT2D eigenvalue weighted by molar-refractivity contribution is -0.141. The maximum atomic E-state index is 11.6. The highest BCUT2D eigenvalue weighted by Gasteiger charge is 2.26. The first kappa shape index (κ1) is 17.2. The average Bonchev–Trinajstić information content (AvgIpc) is 3.40. The molecule has 0 saturated heterocycles. The van der Waals surface area contributed by atoms with E-state index in [2.05, 4.69) is 10.6 Å². The predicted octanol–water partition coefficient (Wildman–Crippen LogP) is -0.758. The number of carbonyl (C=O) groups is 4. The van der Waals surface area contributed by atoms with Crippen LogP contribution in [0, 0.1) is 0 Å². The van der Waals surface area contributed by atoms with Gasteiger partial charge in [0.15, 0.2) is 0 Å². The molecule has 1 aromatic rings. The molecule has 126 valence electrons. The molecule has 1 aromatic carbocycles. The summed E-state index contributed by atoms with van der Waals surface area (Å²) in [5.74, 6) is -2.85. The summed E-state index contributed by atoms with van der Waals surface area (Å²) < 4.78 is 0. The van der Waals surface area contributed by atoms with E-state index in [0.29, 0.717) is 0 Å². The minimum Gasteiger partial charge on any atom is -0.345 e. The molecule has 4 amide bonds. The van der Waals surface area contributed by atoms with Crippen molar-refractivity contribution in [3.05, 3.63) is 42.0 Å². The lowest BCUT2D eigenvalue weighted by atomic mass is 10.2. The Morgan fingerprint density at radius 1 is 1.00 bits per heavy atom. The monoisotopic (exact) mass is 330 g/mol. The molecule has 1 fully saturated rings. The Hall–Kier alpha value is -3.16. The third-order valence-corrected chi connectivity index (χ3v) is 3.08. The van der Waals surface area contributed by atoms with Gasteiger partial charge in [-0.2, -0.15) is 0 Å². The van der Waals surface area contributed by atoms with Gasteiger partial charge in [0.1, 0.15) is 0 Å². The maximum Gasteiger partial charge on any atom is 0.327 e. The second-order valence-corrected chi connectivity index (χ2v) is 5.21. The minimum absolute atomic E-state index is 0.0506. The second-order valence-electron chi connectivity index (χ2n) is 5.21. The number of hydrogen-bond donors (Lipinski definition) is 4. The molecule has 1 aliphatic rings. The van der Waals surface area contributed by atoms with Crippen LogP contribution in [-0.2, 0) is 19.2 Å². The summed E-state index contributed by atoms with van der Waals surface area (Å²) in [6.07, 6.45) is 4.61. The van der Waals surface area contributed by atoms with Crippen LogP contribution in [0.3, 0.4) is 0 Å². The fraction of sp³-hybridized carbons (Fsp3) is 0.250. The highest BCUT2D eigenvalue weighted by atomic mass is 16.2. The summed E-state index contributed by atoms with van der Waals surface area (Å²) >= 11 is 0. The van der Waals surface area contributed by atoms with Gasteiger partial charge < -0.3 is 10.6 Å². The third-order valence-electron chi connectivity index (χ3n) is 3.08. The van der Waals surface area contributed by atoms with Crippen LogP contribution >= 0.6 is 0 Å². The topological polar surface area (TPSA) is 116 Å². The molecule has 1 saturated carbocycles. The first-order valence-corrected chi connectivity index (χ1v) is 7.45. The number of carbonyl (C=O) groups excluding carboxylic acids is 4. The predicted molar refractivity (Wildman–Crippen MR) is 85.9 cm³/mol. The first-order chi connectivity index (χ1) is 11.5. The van der Waals surface area contributed by atoms with E-state index in [9.17, 15) is 19.2 Å². The summed E-state index contributed by atoms with van der Waals surface area (Å²) in [5, 5.41) is 4.84. The number of nitrogens with one attached hydrogen (secondary N) is 4. The van der Waals surface area contributed by atoms with Crippen molar-refractivity contribution in [3.8, 4) is 0 Å². The van der Waals surface area contributed by atoms with Crippen LogP contribution in [0.25, 0.3) is 6.08 Å². The Bertz CT molecular complexity index is 653. The molecular weight excluding hydrogens is 312 g/mol. The van der Waals surface area contributed by atoms with E-state index in [-0.39, 0.29) is 12.6 Å². The molecule has 0 bridgehead atoms. The number of amides is 4. The van der Waals surface area contributed by atoms with Gasteiger partial charge in [0.05, 0.1) is 6.54 Å². The molecule has 8 nitrogen and oxygen atoms in total. The molecule has 4 N–H and O–H groups in total. The van der Waals surface area contributed by atoms with Crippen LogP contribution in [0.4, 0.5) is 0 Å². The molecule has 0 aliphatic heterocycles. The Labute approximate surface area is 138 Å². The van der Waals surface area contributed by atoms with E-state index in [4.69, 9.17) is 0 Å². The number of rotatable bonds is 5. The fourth-order valence-electron chi connectivity index (χ4n) is 1.67. The van der Waals surface area contributed by atoms with E-state index in [1.54, 1.807) is 6.08 Å². The minimum atomic E-state index is -0.953. The molecule has 24 heavy (non-hydrogen) atoms. The molecule has 0 unspecified atom stereocenters. The van der Waals surface area contributed by atoms with Crippen LogP contribution in [0.5, 0.6) is 0 Å². The molecule has 0 spiro atoms. The lowest BCUT2D eigenvalue weighted by Crippen LogP contribution is -2.51. The van der Waals surface area contributed by atoms with Gasteiger partial charge in [0.25, 0.3) is 5.91 Å². The summed E-state index contributed by atoms with van der Waals surface area (Å²) in [7, 11) is 0. The van der Waals surface area contributed by atoms with Gasteiger partial charge in [-0.05, 0) is 24.5 Å². The molecule has 1 aliphatic carbocycles. The molecule has 0 aromatic heterocycles. The fourth-order valence-corrected chi connectivity index (χ4v) is 1.67. The van der Waals surface area contributed by atoms with Crippen LogP contribution in [-0.4, -0.2) is 36.2 Å². The van der Waals surface area contributed by atoms with E-state index in [0.717, 1.165) is 18.4 Å². The SMILES string of the molecule is O=C(/C=C/c1ccccc1)NCC(=O)NNC(=O)C(=O)NC1CC1. The molecule has 0 atom stereocenters. The van der Waals surface area contributed by atoms with Crippen LogP contribution < -0.4 is 21.5 Å². The van der Waals surface area contributed by atoms with Crippen molar-refractivity contribution in [2.75, 3.05) is 6.54 Å². The van der Waals surface area contributed by atoms with Gasteiger partial charge in [-0.25, -0.2) is 0 Å². The zero-order valence-corrected chi connectivity index (χ0v) is 12.9. The van der Waals surface area contributed by atoms with Crippen molar-refractivity contribution < 1.29 is 19.2 Å². The number of hydrazine groups is 1. The first-order valence-electron chi connectivity index (χ1n) is 7.45. The number of hydrogen-bond acceptors (Lipinski definition) is 4. The van der Waals surface area contributed by atoms with Gasteiger partial charge >= 0.3 is 11.8 Å². The standard InChI is InChI=1S/C16H18N4O4/c21-13(9-6-11-4-2-1-3-5-11)17-10-14(22)19-20-16(24)15(23)18-12-7-8-12/h1-6,9,12H,7-8,10H2,(H,17,21)(H,18,23)(H,19,22)(H,20,24)/b9-6+. The Morgan fingerprint density at radius 2 is 1.71 bits per heavy atom. The molecular formula is C16H18N4O4. The maximum absolute atomic E-state index is 11.6. The zero-order valence-electron chi connectivity index (χ0n) is 12.9. The Kier molecular flexibility index (Phi) is 6.07. The van der Waals surface area contributed by atoms with E-state index < -0.39 is 23.6 Å². The van der Waals surface area contributed by atoms with Crippen molar-refractivity contribution in [2.45, 2.75) is 18.9 Å². The lowest BCUT2D eigenvalue weighted by Gasteiger charge is -2.07. The third kappa shape index (κ3) is 6.30. The molecule has 0 radical (unpaired) electrons. The molecule has 2 rings (SSSR count). The highest BCUT2D eigenvalue weighted by Crippen LogP contribution is 2.18. The summed E-state index contributed by atoms with van der Waals surface area (Å²) in [6.45, 7) is -0.331. The Morgan fingerprint density at radius 3 is 2.38 bits per heavy atom. The normalized spacial score (nSPS) is 13.2. The summed E-state index contributed by atoms with van der Waals surface area (Å²) in [6, 6.07) is 9.26. The van der Waals surface area contributed by atoms with Crippen molar-refractivity contribution in [1.29, 1.82) is 0 Å².